The molecule has 0 aromatic heterocycles. The normalized spacial score (nSPS) is 9.88. The fraction of sp³-hybridized carbons (Fsp3) is 0. The minimum Gasteiger partial charge on any atom is -0.0622 e. The average molecular weight is 429 g/mol. The highest BCUT2D eigenvalue weighted by Gasteiger charge is 2.08. The molecular formula is C34H20. The second-order valence-corrected chi connectivity index (χ2v) is 7.21. The van der Waals surface area contributed by atoms with E-state index >= 15 is 0 Å². The second-order valence-electron chi connectivity index (χ2n) is 7.21. The van der Waals surface area contributed by atoms with Gasteiger partial charge < -0.3 is 0 Å². The zero-order valence-electron chi connectivity index (χ0n) is 18.5. The third-order valence-electron chi connectivity index (χ3n) is 4.84. The zero-order valence-corrected chi connectivity index (χ0v) is 18.5. The quantitative estimate of drug-likeness (QED) is 0.246. The summed E-state index contributed by atoms with van der Waals surface area (Å²) in [4.78, 5) is 0. The maximum absolute atomic E-state index is 3.27. The molecule has 0 heterocycles. The van der Waals surface area contributed by atoms with Gasteiger partial charge >= 0.3 is 0 Å². The Morgan fingerprint density at radius 1 is 0.353 bits per heavy atom. The number of allylic oxidation sites excluding steroid dienone is 2. The van der Waals surface area contributed by atoms with Crippen LogP contribution in [0.5, 0.6) is 0 Å². The molecule has 0 saturated heterocycles. The van der Waals surface area contributed by atoms with E-state index in [9.17, 15) is 0 Å². The van der Waals surface area contributed by atoms with E-state index in [4.69, 9.17) is 0 Å². The van der Waals surface area contributed by atoms with Crippen LogP contribution in [-0.2, 0) is 0 Å². The van der Waals surface area contributed by atoms with Gasteiger partial charge in [-0.25, -0.2) is 0 Å². The highest BCUT2D eigenvalue weighted by Crippen LogP contribution is 2.25. The molecule has 0 heteroatoms. The topological polar surface area (TPSA) is 0 Å². The van der Waals surface area contributed by atoms with E-state index in [0.29, 0.717) is 0 Å². The van der Waals surface area contributed by atoms with Gasteiger partial charge in [-0.1, -0.05) is 121 Å². The van der Waals surface area contributed by atoms with E-state index in [-0.39, 0.29) is 0 Å². The standard InChI is InChI=1S/C34H20/c1-5-17-29(18-6-1)21-13-15-27-33(31-23-9-3-10-24-31)34(32-25-11-4-12-26-32)28-16-14-22-30-19-7-2-8-20-30/h1-12,17-20,23-26H/b34-33+. The molecule has 0 N–H and O–H groups in total. The Morgan fingerprint density at radius 2 is 0.676 bits per heavy atom. The molecule has 0 spiro atoms. The van der Waals surface area contributed by atoms with E-state index in [1.165, 1.54) is 0 Å². The molecule has 0 aliphatic rings. The van der Waals surface area contributed by atoms with Crippen molar-refractivity contribution in [3.63, 3.8) is 0 Å². The van der Waals surface area contributed by atoms with Crippen LogP contribution < -0.4 is 0 Å². The third kappa shape index (κ3) is 6.43. The average Bonchev–Trinajstić information content (AvgIpc) is 2.92. The van der Waals surface area contributed by atoms with E-state index < -0.39 is 0 Å². The van der Waals surface area contributed by atoms with Crippen molar-refractivity contribution in [2.45, 2.75) is 0 Å². The van der Waals surface area contributed by atoms with Crippen LogP contribution in [0, 0.1) is 47.4 Å². The summed E-state index contributed by atoms with van der Waals surface area (Å²) in [5.74, 6) is 24.7. The van der Waals surface area contributed by atoms with Crippen LogP contribution in [0.25, 0.3) is 11.1 Å². The van der Waals surface area contributed by atoms with Crippen LogP contribution in [0.3, 0.4) is 0 Å². The van der Waals surface area contributed by atoms with Crippen molar-refractivity contribution in [2.75, 3.05) is 0 Å². The molecule has 4 aromatic carbocycles. The predicted octanol–water partition coefficient (Wildman–Crippen LogP) is 6.71. The molecular weight excluding hydrogens is 408 g/mol. The first-order chi connectivity index (χ1) is 16.9. The lowest BCUT2D eigenvalue weighted by Gasteiger charge is -2.06. The molecule has 0 nitrogen and oxygen atoms in total. The Kier molecular flexibility index (Phi) is 7.81. The summed E-state index contributed by atoms with van der Waals surface area (Å²) in [6.45, 7) is 0. The summed E-state index contributed by atoms with van der Waals surface area (Å²) in [6, 6.07) is 39.8. The number of hydrogen-bond acceptors (Lipinski definition) is 0. The second kappa shape index (κ2) is 12.0. The smallest absolute Gasteiger partial charge is 0.0491 e. The number of benzene rings is 4. The molecule has 34 heavy (non-hydrogen) atoms. The van der Waals surface area contributed by atoms with Crippen LogP contribution in [0.1, 0.15) is 22.3 Å². The SMILES string of the molecule is C(C#Cc1ccccc1)#C/C(=C(/C#CC#Cc1ccccc1)c1ccccc1)c1ccccc1. The molecule has 0 amide bonds. The van der Waals surface area contributed by atoms with Gasteiger partial charge in [0.1, 0.15) is 0 Å². The van der Waals surface area contributed by atoms with E-state index in [1.54, 1.807) is 0 Å². The third-order valence-corrected chi connectivity index (χ3v) is 4.84. The van der Waals surface area contributed by atoms with Crippen molar-refractivity contribution in [1.29, 1.82) is 0 Å². The summed E-state index contributed by atoms with van der Waals surface area (Å²) in [7, 11) is 0. The lowest BCUT2D eigenvalue weighted by atomic mass is 9.95. The number of hydrogen-bond donors (Lipinski definition) is 0. The van der Waals surface area contributed by atoms with Gasteiger partial charge in [-0.2, -0.15) is 0 Å². The first kappa shape index (κ1) is 22.1. The van der Waals surface area contributed by atoms with Gasteiger partial charge in [0.15, 0.2) is 0 Å². The fourth-order valence-corrected chi connectivity index (χ4v) is 3.20. The summed E-state index contributed by atoms with van der Waals surface area (Å²) in [5, 5.41) is 0. The van der Waals surface area contributed by atoms with Gasteiger partial charge in [-0.05, 0) is 59.1 Å². The van der Waals surface area contributed by atoms with Crippen molar-refractivity contribution in [2.24, 2.45) is 0 Å². The van der Waals surface area contributed by atoms with Gasteiger partial charge in [0.2, 0.25) is 0 Å². The van der Waals surface area contributed by atoms with Crippen molar-refractivity contribution in [1.82, 2.24) is 0 Å². The lowest BCUT2D eigenvalue weighted by molar-refractivity contribution is 1.60. The van der Waals surface area contributed by atoms with Crippen LogP contribution in [0.15, 0.2) is 121 Å². The Morgan fingerprint density at radius 3 is 1.03 bits per heavy atom. The fourth-order valence-electron chi connectivity index (χ4n) is 3.20. The van der Waals surface area contributed by atoms with Crippen LogP contribution in [0.4, 0.5) is 0 Å². The van der Waals surface area contributed by atoms with Crippen LogP contribution >= 0.6 is 0 Å². The first-order valence-corrected chi connectivity index (χ1v) is 10.9. The Balaban J connectivity index is 1.81. The molecule has 0 unspecified atom stereocenters. The summed E-state index contributed by atoms with van der Waals surface area (Å²) in [6.07, 6.45) is 0. The largest absolute Gasteiger partial charge is 0.0622 e. The highest BCUT2D eigenvalue weighted by molar-refractivity contribution is 6.04. The molecule has 0 atom stereocenters. The molecule has 0 fully saturated rings. The molecule has 4 rings (SSSR count). The molecule has 4 aromatic rings. The Labute approximate surface area is 202 Å². The van der Waals surface area contributed by atoms with Crippen molar-refractivity contribution in [3.05, 3.63) is 144 Å². The maximum atomic E-state index is 3.27. The van der Waals surface area contributed by atoms with Crippen molar-refractivity contribution >= 4 is 11.1 Å². The van der Waals surface area contributed by atoms with Crippen LogP contribution in [0.2, 0.25) is 0 Å². The first-order valence-electron chi connectivity index (χ1n) is 10.9. The summed E-state index contributed by atoms with van der Waals surface area (Å²) in [5.41, 5.74) is 5.48. The van der Waals surface area contributed by atoms with Gasteiger partial charge in [0.05, 0.1) is 0 Å². The minimum absolute atomic E-state index is 0.822. The summed E-state index contributed by atoms with van der Waals surface area (Å²) >= 11 is 0. The Bertz CT molecular complexity index is 1390. The zero-order chi connectivity index (χ0) is 23.3. The van der Waals surface area contributed by atoms with Gasteiger partial charge in [-0.3, -0.25) is 0 Å². The van der Waals surface area contributed by atoms with Crippen molar-refractivity contribution in [3.8, 4) is 47.4 Å². The number of rotatable bonds is 2. The predicted molar refractivity (Wildman–Crippen MR) is 142 cm³/mol. The van der Waals surface area contributed by atoms with Crippen molar-refractivity contribution < 1.29 is 0 Å². The van der Waals surface area contributed by atoms with Crippen LogP contribution in [-0.4, -0.2) is 0 Å². The molecule has 0 aliphatic carbocycles. The molecule has 0 bridgehead atoms. The highest BCUT2D eigenvalue weighted by atomic mass is 14.1. The molecule has 156 valence electrons. The van der Waals surface area contributed by atoms with E-state index in [1.807, 2.05) is 121 Å². The molecule has 0 radical (unpaired) electrons. The minimum atomic E-state index is 0.822. The van der Waals surface area contributed by atoms with Gasteiger partial charge in [0, 0.05) is 22.3 Å². The van der Waals surface area contributed by atoms with Gasteiger partial charge in [-0.15, -0.1) is 0 Å². The van der Waals surface area contributed by atoms with Gasteiger partial charge in [0.25, 0.3) is 0 Å². The van der Waals surface area contributed by atoms with E-state index in [2.05, 4.69) is 47.4 Å². The molecule has 0 aliphatic heterocycles. The molecule has 0 saturated carbocycles. The monoisotopic (exact) mass is 428 g/mol. The lowest BCUT2D eigenvalue weighted by Crippen LogP contribution is -1.89. The van der Waals surface area contributed by atoms with E-state index in [0.717, 1.165) is 33.4 Å². The Hall–Kier alpha value is -5.14. The summed E-state index contributed by atoms with van der Waals surface area (Å²) < 4.78 is 0. The maximum Gasteiger partial charge on any atom is 0.0491 e.